The van der Waals surface area contributed by atoms with Gasteiger partial charge < -0.3 is 29.9 Å². The molecule has 2 aliphatic rings. The largest absolute Gasteiger partial charge is 0.491 e. The van der Waals surface area contributed by atoms with E-state index >= 15 is 0 Å². The number of nitrogens with two attached hydrogens (primary N) is 1. The lowest BCUT2D eigenvalue weighted by atomic mass is 9.85. The maximum Gasteiger partial charge on any atom is 0.225 e. The molecule has 12 heteroatoms. The van der Waals surface area contributed by atoms with Gasteiger partial charge >= 0.3 is 0 Å². The van der Waals surface area contributed by atoms with Crippen molar-refractivity contribution in [2.24, 2.45) is 5.73 Å². The SMILES string of the molecule is CC(C)Oc1ccc(-c2ccnc(N3CCN(CCN(C)C)CC3)n2)cc1C(C)(C)C.CC(C)Oc1ccc(-c2ccnc(N3CCN(CCN)CC3)n2)cc1C(C)(C)C. The van der Waals surface area contributed by atoms with E-state index in [0.29, 0.717) is 6.54 Å². The van der Waals surface area contributed by atoms with Crippen molar-refractivity contribution in [2.75, 3.05) is 102 Å². The van der Waals surface area contributed by atoms with Crippen LogP contribution in [0.2, 0.25) is 0 Å². The molecule has 4 aromatic rings. The highest BCUT2D eigenvalue weighted by Crippen LogP contribution is 2.37. The second-order valence-electron chi connectivity index (χ2n) is 19.0. The van der Waals surface area contributed by atoms with Gasteiger partial charge in [0.2, 0.25) is 11.9 Å². The number of ether oxygens (including phenoxy) is 2. The second kappa shape index (κ2) is 20.9. The lowest BCUT2D eigenvalue weighted by Gasteiger charge is -2.35. The summed E-state index contributed by atoms with van der Waals surface area (Å²) in [5.74, 6) is 3.52. The smallest absolute Gasteiger partial charge is 0.225 e. The van der Waals surface area contributed by atoms with E-state index in [4.69, 9.17) is 25.2 Å². The Morgan fingerprint density at radius 3 is 1.35 bits per heavy atom. The molecule has 2 N–H and O–H groups in total. The molecule has 12 nitrogen and oxygen atoms in total. The molecule has 0 spiro atoms. The zero-order valence-electron chi connectivity index (χ0n) is 38.8. The van der Waals surface area contributed by atoms with E-state index < -0.39 is 0 Å². The van der Waals surface area contributed by atoms with Gasteiger partial charge in [0.1, 0.15) is 11.5 Å². The van der Waals surface area contributed by atoms with E-state index in [1.54, 1.807) is 0 Å². The summed E-state index contributed by atoms with van der Waals surface area (Å²) in [5, 5.41) is 0. The Morgan fingerprint density at radius 2 is 1.00 bits per heavy atom. The van der Waals surface area contributed by atoms with Crippen LogP contribution in [-0.2, 0) is 10.8 Å². The molecule has 0 atom stereocenters. The molecule has 60 heavy (non-hydrogen) atoms. The van der Waals surface area contributed by atoms with Gasteiger partial charge in [-0.1, -0.05) is 41.5 Å². The quantitative estimate of drug-likeness (QED) is 0.147. The van der Waals surface area contributed by atoms with E-state index in [9.17, 15) is 0 Å². The lowest BCUT2D eigenvalue weighted by molar-refractivity contribution is 0.229. The average molecular weight is 823 g/mol. The van der Waals surface area contributed by atoms with Crippen molar-refractivity contribution >= 4 is 11.9 Å². The zero-order chi connectivity index (χ0) is 43.6. The molecule has 2 fully saturated rings. The van der Waals surface area contributed by atoms with E-state index in [-0.39, 0.29) is 23.0 Å². The number of hydrogen-bond acceptors (Lipinski definition) is 12. The van der Waals surface area contributed by atoms with E-state index in [2.05, 4.69) is 154 Å². The number of aromatic nitrogens is 4. The molecule has 0 bridgehead atoms. The molecule has 2 aromatic carbocycles. The normalized spacial score (nSPS) is 15.7. The monoisotopic (exact) mass is 823 g/mol. The minimum atomic E-state index is -0.0184. The predicted octanol–water partition coefficient (Wildman–Crippen LogP) is 7.22. The first-order valence-electron chi connectivity index (χ1n) is 22.0. The van der Waals surface area contributed by atoms with Gasteiger partial charge in [-0.2, -0.15) is 0 Å². The summed E-state index contributed by atoms with van der Waals surface area (Å²) < 4.78 is 12.1. The summed E-state index contributed by atoms with van der Waals surface area (Å²) >= 11 is 0. The molecule has 0 saturated carbocycles. The van der Waals surface area contributed by atoms with Crippen molar-refractivity contribution in [1.29, 1.82) is 0 Å². The van der Waals surface area contributed by atoms with Crippen molar-refractivity contribution in [1.82, 2.24) is 34.6 Å². The maximum absolute atomic E-state index is 6.08. The van der Waals surface area contributed by atoms with E-state index in [0.717, 1.165) is 118 Å². The highest BCUT2D eigenvalue weighted by atomic mass is 16.5. The third-order valence-electron chi connectivity index (χ3n) is 10.8. The molecular weight excluding hydrogens is 749 g/mol. The minimum absolute atomic E-state index is 0.0149. The van der Waals surface area contributed by atoms with Crippen molar-refractivity contribution < 1.29 is 9.47 Å². The molecule has 2 saturated heterocycles. The molecule has 0 unspecified atom stereocenters. The molecule has 2 aromatic heterocycles. The number of nitrogens with zero attached hydrogens (tertiary/aromatic N) is 9. The Morgan fingerprint density at radius 1 is 0.600 bits per heavy atom. The molecule has 6 rings (SSSR count). The fraction of sp³-hybridized carbons (Fsp3) is 0.583. The van der Waals surface area contributed by atoms with Crippen LogP contribution in [0.4, 0.5) is 11.9 Å². The minimum Gasteiger partial charge on any atom is -0.491 e. The summed E-state index contributed by atoms with van der Waals surface area (Å²) in [7, 11) is 4.25. The van der Waals surface area contributed by atoms with Crippen LogP contribution in [0, 0.1) is 0 Å². The number of rotatable bonds is 13. The molecule has 0 aliphatic carbocycles. The standard InChI is InChI=1S/C25H39N5O.C23H35N5O/c1-19(2)31-23-9-8-20(18-21(23)25(3,4)5)22-10-11-26-24(27-22)30-16-14-29(15-17-30)13-12-28(6)7;1-17(2)29-21-7-6-18(16-19(21)23(3,4)5)20-8-10-25-22(26-20)28-14-12-27(11-9-24)13-15-28/h8-11,18-19H,12-17H2,1-7H3;6-8,10,16-17H,9,11-15,24H2,1-5H3. The molecular formula is C48H74N10O2. The molecule has 0 radical (unpaired) electrons. The Bertz CT molecular complexity index is 1940. The van der Waals surface area contributed by atoms with Crippen LogP contribution in [0.1, 0.15) is 80.4 Å². The van der Waals surface area contributed by atoms with Crippen molar-refractivity contribution in [3.8, 4) is 34.0 Å². The topological polar surface area (TPSA) is 112 Å². The predicted molar refractivity (Wildman–Crippen MR) is 249 cm³/mol. The highest BCUT2D eigenvalue weighted by Gasteiger charge is 2.24. The first-order valence-corrected chi connectivity index (χ1v) is 22.0. The van der Waals surface area contributed by atoms with Gasteiger partial charge in [-0.15, -0.1) is 0 Å². The lowest BCUT2D eigenvalue weighted by Crippen LogP contribution is -2.48. The third kappa shape index (κ3) is 13.3. The number of benzene rings is 2. The number of likely N-dealkylation sites (N-methyl/N-ethyl adjacent to an activating group) is 1. The van der Waals surface area contributed by atoms with Gasteiger partial charge in [0.15, 0.2) is 0 Å². The summed E-state index contributed by atoms with van der Waals surface area (Å²) in [6.07, 6.45) is 4.03. The maximum atomic E-state index is 6.08. The average Bonchev–Trinajstić information content (AvgIpc) is 3.20. The van der Waals surface area contributed by atoms with Crippen LogP contribution >= 0.6 is 0 Å². The Hall–Kier alpha value is -4.36. The Kier molecular flexibility index (Phi) is 16.3. The Balaban J connectivity index is 0.000000228. The van der Waals surface area contributed by atoms with Crippen molar-refractivity contribution in [3.63, 3.8) is 0 Å². The number of piperazine rings is 2. The molecule has 2 aliphatic heterocycles. The fourth-order valence-electron chi connectivity index (χ4n) is 7.45. The summed E-state index contributed by atoms with van der Waals surface area (Å²) in [5.41, 5.74) is 12.1. The molecule has 4 heterocycles. The van der Waals surface area contributed by atoms with Gasteiger partial charge in [-0.25, -0.2) is 19.9 Å². The third-order valence-corrected chi connectivity index (χ3v) is 10.8. The first kappa shape index (κ1) is 46.7. The summed E-state index contributed by atoms with van der Waals surface area (Å²) in [6.45, 7) is 33.3. The van der Waals surface area contributed by atoms with E-state index in [1.807, 2.05) is 24.5 Å². The fourth-order valence-corrected chi connectivity index (χ4v) is 7.45. The number of anilines is 2. The van der Waals surface area contributed by atoms with Crippen LogP contribution in [0.25, 0.3) is 22.5 Å². The van der Waals surface area contributed by atoms with Crippen LogP contribution in [0.3, 0.4) is 0 Å². The highest BCUT2D eigenvalue weighted by molar-refractivity contribution is 5.65. The van der Waals surface area contributed by atoms with Gasteiger partial charge in [0.05, 0.1) is 23.6 Å². The van der Waals surface area contributed by atoms with Crippen LogP contribution in [0.5, 0.6) is 11.5 Å². The summed E-state index contributed by atoms with van der Waals surface area (Å²) in [6, 6.07) is 16.8. The van der Waals surface area contributed by atoms with Crippen LogP contribution in [-0.4, -0.2) is 139 Å². The molecule has 328 valence electrons. The van der Waals surface area contributed by atoms with E-state index in [1.165, 1.54) is 11.1 Å². The summed E-state index contributed by atoms with van der Waals surface area (Å²) in [4.78, 5) is 30.6. The van der Waals surface area contributed by atoms with Gasteiger partial charge in [-0.3, -0.25) is 9.80 Å². The van der Waals surface area contributed by atoms with Gasteiger partial charge in [0.25, 0.3) is 0 Å². The first-order chi connectivity index (χ1) is 28.4. The van der Waals surface area contributed by atoms with Crippen molar-refractivity contribution in [3.05, 3.63) is 72.1 Å². The second-order valence-corrected chi connectivity index (χ2v) is 19.0. The van der Waals surface area contributed by atoms with Crippen LogP contribution in [0.15, 0.2) is 60.9 Å². The van der Waals surface area contributed by atoms with Gasteiger partial charge in [-0.05, 0) is 101 Å². The molecule has 0 amide bonds. The van der Waals surface area contributed by atoms with Crippen LogP contribution < -0.4 is 25.0 Å². The van der Waals surface area contributed by atoms with Crippen molar-refractivity contribution in [2.45, 2.75) is 92.3 Å². The Labute approximate surface area is 361 Å². The number of hydrogen-bond donors (Lipinski definition) is 1. The zero-order valence-corrected chi connectivity index (χ0v) is 38.8. The van der Waals surface area contributed by atoms with Gasteiger partial charge in [0, 0.05) is 113 Å².